The van der Waals surface area contributed by atoms with Crippen molar-refractivity contribution in [3.05, 3.63) is 101 Å². The summed E-state index contributed by atoms with van der Waals surface area (Å²) in [5, 5.41) is 11.8. The molecule has 1 saturated heterocycles. The Morgan fingerprint density at radius 1 is 0.974 bits per heavy atom. The van der Waals surface area contributed by atoms with Crippen LogP contribution in [0.1, 0.15) is 49.1 Å². The second-order valence-electron chi connectivity index (χ2n) is 10.5. The number of aliphatic hydroxyl groups is 1. The Labute approximate surface area is 233 Å². The van der Waals surface area contributed by atoms with Crippen molar-refractivity contribution in [1.82, 2.24) is 9.21 Å². The third kappa shape index (κ3) is 7.90. The Morgan fingerprint density at radius 3 is 2.29 bits per heavy atom. The molecule has 4 rings (SSSR count). The van der Waals surface area contributed by atoms with Crippen molar-refractivity contribution in [1.29, 1.82) is 0 Å². The molecule has 38 heavy (non-hydrogen) atoms. The summed E-state index contributed by atoms with van der Waals surface area (Å²) in [6.45, 7) is 2.91. The van der Waals surface area contributed by atoms with Gasteiger partial charge in [-0.3, -0.25) is 0 Å². The Hall–Kier alpha value is -2.22. The van der Waals surface area contributed by atoms with E-state index in [1.807, 2.05) is 36.4 Å². The number of hydrogen-bond acceptors (Lipinski definition) is 4. The van der Waals surface area contributed by atoms with Gasteiger partial charge in [-0.1, -0.05) is 72.3 Å². The number of nitrogens with zero attached hydrogens (tertiary/aromatic N) is 2. The second kappa shape index (κ2) is 13.2. The molecule has 0 unspecified atom stereocenters. The first kappa shape index (κ1) is 28.8. The summed E-state index contributed by atoms with van der Waals surface area (Å²) < 4.78 is 27.8. The van der Waals surface area contributed by atoms with E-state index in [1.54, 1.807) is 31.3 Å². The van der Waals surface area contributed by atoms with E-state index in [-0.39, 0.29) is 5.92 Å². The summed E-state index contributed by atoms with van der Waals surface area (Å²) in [4.78, 5) is 2.70. The number of sulfonamides is 1. The molecule has 3 aromatic rings. The molecule has 0 spiro atoms. The van der Waals surface area contributed by atoms with Gasteiger partial charge in [0.05, 0.1) is 10.5 Å². The first-order valence-electron chi connectivity index (χ1n) is 13.5. The molecule has 1 atom stereocenters. The van der Waals surface area contributed by atoms with Gasteiger partial charge in [-0.15, -0.1) is 0 Å². The zero-order chi connectivity index (χ0) is 27.0. The van der Waals surface area contributed by atoms with Crippen LogP contribution in [-0.2, 0) is 16.4 Å². The molecule has 7 heteroatoms. The molecule has 1 fully saturated rings. The van der Waals surface area contributed by atoms with Gasteiger partial charge < -0.3 is 10.0 Å². The number of halogens is 1. The minimum absolute atomic E-state index is 0.00358. The van der Waals surface area contributed by atoms with Crippen molar-refractivity contribution >= 4 is 21.6 Å². The second-order valence-corrected chi connectivity index (χ2v) is 13.0. The van der Waals surface area contributed by atoms with Crippen molar-refractivity contribution in [2.24, 2.45) is 0 Å². The summed E-state index contributed by atoms with van der Waals surface area (Å²) in [7, 11) is -1.94. The molecule has 0 saturated carbocycles. The number of hydrogen-bond donors (Lipinski definition) is 1. The highest BCUT2D eigenvalue weighted by molar-refractivity contribution is 7.89. The van der Waals surface area contributed by atoms with E-state index < -0.39 is 15.6 Å². The maximum absolute atomic E-state index is 13.2. The monoisotopic (exact) mass is 554 g/mol. The summed E-state index contributed by atoms with van der Waals surface area (Å²) in [5.41, 5.74) is 1.77. The molecule has 5 nitrogen and oxygen atoms in total. The van der Waals surface area contributed by atoms with Crippen LogP contribution in [0.5, 0.6) is 0 Å². The molecule has 0 radical (unpaired) electrons. The Balaban J connectivity index is 1.33. The molecule has 0 bridgehead atoms. The summed E-state index contributed by atoms with van der Waals surface area (Å²) in [5.74, 6) is 0.00358. The molecule has 0 aliphatic carbocycles. The zero-order valence-corrected chi connectivity index (χ0v) is 23.7. The van der Waals surface area contributed by atoms with Crippen LogP contribution in [0.3, 0.4) is 0 Å². The van der Waals surface area contributed by atoms with Gasteiger partial charge in [0, 0.05) is 31.7 Å². The molecule has 1 N–H and O–H groups in total. The van der Waals surface area contributed by atoms with E-state index in [4.69, 9.17) is 11.6 Å². The molecule has 1 heterocycles. The summed E-state index contributed by atoms with van der Waals surface area (Å²) >= 11 is 6.30. The van der Waals surface area contributed by atoms with E-state index in [0.29, 0.717) is 16.5 Å². The topological polar surface area (TPSA) is 60.9 Å². The minimum Gasteiger partial charge on any atom is -0.390 e. The van der Waals surface area contributed by atoms with Crippen molar-refractivity contribution in [3.63, 3.8) is 0 Å². The highest BCUT2D eigenvalue weighted by atomic mass is 35.5. The van der Waals surface area contributed by atoms with E-state index in [0.717, 1.165) is 63.7 Å². The number of aryl methyl sites for hydroxylation is 1. The third-order valence-electron chi connectivity index (χ3n) is 7.78. The smallest absolute Gasteiger partial charge is 0.242 e. The minimum atomic E-state index is -3.59. The van der Waals surface area contributed by atoms with Crippen molar-refractivity contribution < 1.29 is 13.5 Å². The van der Waals surface area contributed by atoms with Crippen molar-refractivity contribution in [3.8, 4) is 0 Å². The molecule has 3 aromatic carbocycles. The highest BCUT2D eigenvalue weighted by Crippen LogP contribution is 2.30. The van der Waals surface area contributed by atoms with Crippen LogP contribution in [0.15, 0.2) is 89.8 Å². The first-order valence-corrected chi connectivity index (χ1v) is 15.3. The highest BCUT2D eigenvalue weighted by Gasteiger charge is 2.32. The van der Waals surface area contributed by atoms with Gasteiger partial charge in [0.25, 0.3) is 0 Å². The Bertz CT molecular complexity index is 1250. The number of likely N-dealkylation sites (tertiary alicyclic amines) is 1. The van der Waals surface area contributed by atoms with Crippen LogP contribution in [0.25, 0.3) is 0 Å². The van der Waals surface area contributed by atoms with Gasteiger partial charge in [-0.25, -0.2) is 12.7 Å². The zero-order valence-electron chi connectivity index (χ0n) is 22.2. The SMILES string of the molecule is CN(C[C@@H](CCN1CCC(O)(CCCc2ccccc2)CC1)c1cccc(Cl)c1)S(=O)(=O)c1ccccc1. The summed E-state index contributed by atoms with van der Waals surface area (Å²) in [6, 6.07) is 26.8. The quantitative estimate of drug-likeness (QED) is 0.299. The molecular formula is C31H39ClN2O3S. The number of benzene rings is 3. The lowest BCUT2D eigenvalue weighted by molar-refractivity contribution is -0.0292. The summed E-state index contributed by atoms with van der Waals surface area (Å²) in [6.07, 6.45) is 5.15. The normalized spacial score (nSPS) is 16.9. The number of piperidine rings is 1. The van der Waals surface area contributed by atoms with E-state index >= 15 is 0 Å². The Kier molecular flexibility index (Phi) is 10.0. The van der Waals surface area contributed by atoms with Crippen LogP contribution >= 0.6 is 11.6 Å². The largest absolute Gasteiger partial charge is 0.390 e. The van der Waals surface area contributed by atoms with Gasteiger partial charge in [-0.2, -0.15) is 0 Å². The van der Waals surface area contributed by atoms with Gasteiger partial charge in [-0.05, 0) is 86.4 Å². The van der Waals surface area contributed by atoms with Crippen molar-refractivity contribution in [2.45, 2.75) is 54.9 Å². The predicted octanol–water partition coefficient (Wildman–Crippen LogP) is 5.98. The van der Waals surface area contributed by atoms with Gasteiger partial charge in [0.15, 0.2) is 0 Å². The number of rotatable bonds is 12. The van der Waals surface area contributed by atoms with E-state index in [1.165, 1.54) is 9.87 Å². The van der Waals surface area contributed by atoms with E-state index in [2.05, 4.69) is 29.2 Å². The molecule has 204 valence electrons. The van der Waals surface area contributed by atoms with Crippen LogP contribution in [0.4, 0.5) is 0 Å². The van der Waals surface area contributed by atoms with Crippen LogP contribution < -0.4 is 0 Å². The average Bonchev–Trinajstić information content (AvgIpc) is 2.93. The van der Waals surface area contributed by atoms with E-state index in [9.17, 15) is 13.5 Å². The maximum Gasteiger partial charge on any atom is 0.242 e. The van der Waals surface area contributed by atoms with Gasteiger partial charge in [0.1, 0.15) is 0 Å². The molecular weight excluding hydrogens is 516 g/mol. The maximum atomic E-state index is 13.2. The lowest BCUT2D eigenvalue weighted by Crippen LogP contribution is -2.45. The molecule has 1 aliphatic rings. The average molecular weight is 555 g/mol. The standard InChI is InChI=1S/C31H39ClN2O3S/c1-33(38(36,37)30-15-6-3-7-16-30)25-28(27-13-8-14-29(32)24-27)17-21-34-22-19-31(35,20-23-34)18-9-12-26-10-4-2-5-11-26/h2-8,10-11,13-16,24,28,35H,9,12,17-23,25H2,1H3/t28-/m1/s1. The van der Waals surface area contributed by atoms with Gasteiger partial charge in [0.2, 0.25) is 10.0 Å². The van der Waals surface area contributed by atoms with Gasteiger partial charge >= 0.3 is 0 Å². The lowest BCUT2D eigenvalue weighted by Gasteiger charge is -2.39. The predicted molar refractivity (Wildman–Crippen MR) is 155 cm³/mol. The Morgan fingerprint density at radius 2 is 1.63 bits per heavy atom. The van der Waals surface area contributed by atoms with Crippen LogP contribution in [-0.4, -0.2) is 61.6 Å². The fourth-order valence-electron chi connectivity index (χ4n) is 5.35. The third-order valence-corrected chi connectivity index (χ3v) is 9.85. The van der Waals surface area contributed by atoms with Crippen molar-refractivity contribution in [2.75, 3.05) is 33.2 Å². The molecule has 1 aliphatic heterocycles. The van der Waals surface area contributed by atoms with Crippen LogP contribution in [0, 0.1) is 0 Å². The fraction of sp³-hybridized carbons (Fsp3) is 0.419. The lowest BCUT2D eigenvalue weighted by atomic mass is 9.85. The first-order chi connectivity index (χ1) is 18.2. The molecule has 0 amide bonds. The van der Waals surface area contributed by atoms with Crippen LogP contribution in [0.2, 0.25) is 5.02 Å². The fourth-order valence-corrected chi connectivity index (χ4v) is 6.79. The number of likely N-dealkylation sites (N-methyl/N-ethyl adjacent to an activating group) is 1. The molecule has 0 aromatic heterocycles.